The van der Waals surface area contributed by atoms with Gasteiger partial charge < -0.3 is 0 Å². The molecule has 0 unspecified atom stereocenters. The Kier molecular flexibility index (Phi) is 3.57. The smallest absolute Gasteiger partial charge is 0.199 e. The highest BCUT2D eigenvalue weighted by Gasteiger charge is 2.16. The van der Waals surface area contributed by atoms with E-state index in [1.807, 2.05) is 13.8 Å². The number of rotatable bonds is 2. The van der Waals surface area contributed by atoms with Crippen molar-refractivity contribution in [1.82, 2.24) is 40.0 Å². The summed E-state index contributed by atoms with van der Waals surface area (Å²) < 4.78 is 2.99. The summed E-state index contributed by atoms with van der Waals surface area (Å²) in [5.74, 6) is 0.479. The molecular formula is C12H12Cl2N8. The number of hydrogen-bond acceptors (Lipinski definition) is 6. The highest BCUT2D eigenvalue weighted by molar-refractivity contribution is 6.32. The van der Waals surface area contributed by atoms with Gasteiger partial charge in [-0.15, -0.1) is 20.4 Å². The molecule has 22 heavy (non-hydrogen) atoms. The molecule has 8 nitrogen and oxygen atoms in total. The Morgan fingerprint density at radius 3 is 1.18 bits per heavy atom. The molecule has 10 heteroatoms. The van der Waals surface area contributed by atoms with Crippen molar-refractivity contribution < 1.29 is 0 Å². The maximum Gasteiger partial charge on any atom is 0.289 e. The van der Waals surface area contributed by atoms with Gasteiger partial charge in [-0.2, -0.15) is 19.6 Å². The second-order valence-electron chi connectivity index (χ2n) is 4.79. The van der Waals surface area contributed by atoms with E-state index in [-0.39, 0.29) is 11.9 Å². The average Bonchev–Trinajstić information content (AvgIpc) is 2.92. The molecule has 0 aliphatic carbocycles. The normalized spacial score (nSPS) is 11.2. The molecule has 0 fully saturated rings. The summed E-state index contributed by atoms with van der Waals surface area (Å²) in [6.07, 6.45) is 0. The quantitative estimate of drug-likeness (QED) is 0.711. The van der Waals surface area contributed by atoms with E-state index in [9.17, 15) is 0 Å². The average molecular weight is 339 g/mol. The predicted molar refractivity (Wildman–Crippen MR) is 80.8 cm³/mol. The molecule has 0 saturated heterocycles. The first kappa shape index (κ1) is 14.9. The lowest BCUT2D eigenvalue weighted by molar-refractivity contribution is 0.662. The summed E-state index contributed by atoms with van der Waals surface area (Å²) >= 11 is 12.2. The van der Waals surface area contributed by atoms with Crippen molar-refractivity contribution in [3.05, 3.63) is 32.8 Å². The van der Waals surface area contributed by atoms with Crippen molar-refractivity contribution in [2.75, 3.05) is 0 Å². The van der Waals surface area contributed by atoms with Gasteiger partial charge in [-0.1, -0.05) is 23.2 Å². The Labute approximate surface area is 136 Å². The van der Waals surface area contributed by atoms with Crippen molar-refractivity contribution in [3.63, 3.8) is 0 Å². The second-order valence-corrected chi connectivity index (χ2v) is 5.55. The van der Waals surface area contributed by atoms with Crippen LogP contribution in [-0.4, -0.2) is 40.0 Å². The van der Waals surface area contributed by atoms with Crippen LogP contribution in [0.15, 0.2) is 0 Å². The lowest BCUT2D eigenvalue weighted by atomic mass is 10.4. The van der Waals surface area contributed by atoms with Gasteiger partial charge in [-0.3, -0.25) is 0 Å². The van der Waals surface area contributed by atoms with Gasteiger partial charge in [0.25, 0.3) is 11.9 Å². The zero-order valence-corrected chi connectivity index (χ0v) is 13.8. The van der Waals surface area contributed by atoms with Crippen LogP contribution >= 0.6 is 23.2 Å². The highest BCUT2D eigenvalue weighted by Crippen LogP contribution is 2.21. The lowest BCUT2D eigenvalue weighted by Crippen LogP contribution is -2.13. The third-order valence-corrected chi connectivity index (χ3v) is 4.34. The van der Waals surface area contributed by atoms with Crippen LogP contribution in [0.3, 0.4) is 0 Å². The SMILES string of the molecule is Cc1nn(-c2nnc(-n3nc(C)c(Cl)c3C)nn2)c(C)c1Cl. The van der Waals surface area contributed by atoms with Gasteiger partial charge in [0, 0.05) is 0 Å². The summed E-state index contributed by atoms with van der Waals surface area (Å²) in [7, 11) is 0. The Hall–Kier alpha value is -2.06. The molecule has 0 saturated carbocycles. The number of nitrogens with zero attached hydrogens (tertiary/aromatic N) is 8. The fourth-order valence-corrected chi connectivity index (χ4v) is 2.26. The van der Waals surface area contributed by atoms with Gasteiger partial charge in [0.05, 0.1) is 32.8 Å². The first-order valence-corrected chi connectivity index (χ1v) is 7.17. The van der Waals surface area contributed by atoms with Gasteiger partial charge in [0.15, 0.2) is 0 Å². The highest BCUT2D eigenvalue weighted by atomic mass is 35.5. The molecule has 3 aromatic heterocycles. The molecule has 114 valence electrons. The minimum absolute atomic E-state index is 0.240. The van der Waals surface area contributed by atoms with Crippen LogP contribution in [0.1, 0.15) is 22.8 Å². The zero-order chi connectivity index (χ0) is 16.0. The third-order valence-electron chi connectivity index (χ3n) is 3.24. The van der Waals surface area contributed by atoms with Crippen molar-refractivity contribution in [2.45, 2.75) is 27.7 Å². The van der Waals surface area contributed by atoms with E-state index in [1.54, 1.807) is 13.8 Å². The molecule has 3 aromatic rings. The fraction of sp³-hybridized carbons (Fsp3) is 0.333. The molecule has 0 radical (unpaired) electrons. The van der Waals surface area contributed by atoms with Crippen molar-refractivity contribution in [1.29, 1.82) is 0 Å². The molecule has 0 amide bonds. The number of halogens is 2. The van der Waals surface area contributed by atoms with E-state index in [4.69, 9.17) is 23.2 Å². The molecule has 0 aliphatic heterocycles. The van der Waals surface area contributed by atoms with Gasteiger partial charge in [0.1, 0.15) is 0 Å². The largest absolute Gasteiger partial charge is 0.289 e. The van der Waals surface area contributed by atoms with Crippen LogP contribution in [0.4, 0.5) is 0 Å². The molecule has 0 atom stereocenters. The molecule has 3 rings (SSSR count). The van der Waals surface area contributed by atoms with Crippen LogP contribution in [0.25, 0.3) is 11.9 Å². The number of aryl methyl sites for hydroxylation is 2. The maximum absolute atomic E-state index is 6.11. The van der Waals surface area contributed by atoms with Crippen LogP contribution in [0, 0.1) is 27.7 Å². The minimum Gasteiger partial charge on any atom is -0.199 e. The monoisotopic (exact) mass is 338 g/mol. The summed E-state index contributed by atoms with van der Waals surface area (Å²) in [6, 6.07) is 0. The maximum atomic E-state index is 6.11. The first-order valence-electron chi connectivity index (χ1n) is 6.41. The topological polar surface area (TPSA) is 87.2 Å². The van der Waals surface area contributed by atoms with Crippen molar-refractivity contribution >= 4 is 23.2 Å². The third kappa shape index (κ3) is 2.24. The predicted octanol–water partition coefficient (Wildman–Crippen LogP) is 2.18. The summed E-state index contributed by atoms with van der Waals surface area (Å²) in [6.45, 7) is 7.25. The Morgan fingerprint density at radius 2 is 0.955 bits per heavy atom. The van der Waals surface area contributed by atoms with Crippen LogP contribution < -0.4 is 0 Å². The Morgan fingerprint density at radius 1 is 0.636 bits per heavy atom. The van der Waals surface area contributed by atoms with Crippen molar-refractivity contribution in [2.24, 2.45) is 0 Å². The van der Waals surface area contributed by atoms with E-state index in [0.29, 0.717) is 21.4 Å². The summed E-state index contributed by atoms with van der Waals surface area (Å²) in [4.78, 5) is 0. The molecule has 3 heterocycles. The van der Waals surface area contributed by atoms with E-state index in [1.165, 1.54) is 9.36 Å². The fourth-order valence-electron chi connectivity index (χ4n) is 2.03. The van der Waals surface area contributed by atoms with E-state index >= 15 is 0 Å². The standard InChI is InChI=1S/C12H12Cl2N8/c1-5-9(13)7(3)21(19-5)11-15-17-12(18-16-11)22-8(4)10(14)6(2)20-22/h1-4H3. The second kappa shape index (κ2) is 5.29. The van der Waals surface area contributed by atoms with Crippen LogP contribution in [-0.2, 0) is 0 Å². The summed E-state index contributed by atoms with van der Waals surface area (Å²) in [5.41, 5.74) is 2.84. The van der Waals surface area contributed by atoms with Crippen LogP contribution in [0.5, 0.6) is 0 Å². The first-order chi connectivity index (χ1) is 10.4. The minimum atomic E-state index is 0.240. The van der Waals surface area contributed by atoms with Gasteiger partial charge in [-0.25, -0.2) is 0 Å². The zero-order valence-electron chi connectivity index (χ0n) is 12.3. The molecule has 0 aliphatic rings. The van der Waals surface area contributed by atoms with Crippen LogP contribution in [0.2, 0.25) is 10.0 Å². The van der Waals surface area contributed by atoms with Crippen molar-refractivity contribution in [3.8, 4) is 11.9 Å². The van der Waals surface area contributed by atoms with E-state index in [0.717, 1.165) is 11.4 Å². The Balaban J connectivity index is 2.02. The molecule has 0 bridgehead atoms. The number of aromatic nitrogens is 8. The molecule has 0 N–H and O–H groups in total. The molecule has 0 aromatic carbocycles. The molecule has 0 spiro atoms. The Bertz CT molecular complexity index is 778. The summed E-state index contributed by atoms with van der Waals surface area (Å²) in [5, 5.41) is 25.8. The lowest BCUT2D eigenvalue weighted by Gasteiger charge is -2.03. The van der Waals surface area contributed by atoms with Gasteiger partial charge in [0.2, 0.25) is 0 Å². The van der Waals surface area contributed by atoms with E-state index in [2.05, 4.69) is 30.6 Å². The van der Waals surface area contributed by atoms with Gasteiger partial charge in [-0.05, 0) is 27.7 Å². The van der Waals surface area contributed by atoms with Gasteiger partial charge >= 0.3 is 0 Å². The van der Waals surface area contributed by atoms with E-state index < -0.39 is 0 Å². The number of hydrogen-bond donors (Lipinski definition) is 0. The molecular weight excluding hydrogens is 327 g/mol.